The molecule has 1 rings (SSSR count). The number of rotatable bonds is 4. The zero-order chi connectivity index (χ0) is 14.4. The van der Waals surface area contributed by atoms with E-state index in [2.05, 4.69) is 26.6 Å². The predicted molar refractivity (Wildman–Crippen MR) is 72.0 cm³/mol. The van der Waals surface area contributed by atoms with E-state index in [4.69, 9.17) is 5.11 Å². The first-order chi connectivity index (χ1) is 8.97. The van der Waals surface area contributed by atoms with Gasteiger partial charge < -0.3 is 15.7 Å². The second kappa shape index (κ2) is 7.20. The van der Waals surface area contributed by atoms with E-state index in [1.54, 1.807) is 6.92 Å². The van der Waals surface area contributed by atoms with Gasteiger partial charge in [-0.1, -0.05) is 6.92 Å². The highest BCUT2D eigenvalue weighted by molar-refractivity contribution is 9.10. The lowest BCUT2D eigenvalue weighted by Gasteiger charge is -2.14. The number of amides is 2. The summed E-state index contributed by atoms with van der Waals surface area (Å²) in [6, 6.07) is 3.22. The molecule has 3 N–H and O–H groups in total. The first kappa shape index (κ1) is 15.6. The molecular formula is C12H14BrFN2O3. The number of benzene rings is 1. The molecule has 19 heavy (non-hydrogen) atoms. The molecule has 0 saturated heterocycles. The van der Waals surface area contributed by atoms with Crippen LogP contribution in [-0.2, 0) is 9.59 Å². The van der Waals surface area contributed by atoms with E-state index in [-0.39, 0.29) is 6.61 Å². The van der Waals surface area contributed by atoms with Gasteiger partial charge in [-0.2, -0.15) is 0 Å². The molecule has 7 heteroatoms. The summed E-state index contributed by atoms with van der Waals surface area (Å²) < 4.78 is 13.2. The second-order valence-corrected chi connectivity index (χ2v) is 4.69. The summed E-state index contributed by atoms with van der Waals surface area (Å²) in [5, 5.41) is 13.6. The maximum atomic E-state index is 12.9. The number of hydrogen-bond donors (Lipinski definition) is 3. The van der Waals surface area contributed by atoms with E-state index < -0.39 is 23.7 Å². The number of hydrogen-bond acceptors (Lipinski definition) is 3. The second-order valence-electron chi connectivity index (χ2n) is 3.84. The molecule has 0 fully saturated rings. The van der Waals surface area contributed by atoms with Crippen molar-refractivity contribution in [2.45, 2.75) is 19.4 Å². The Balaban J connectivity index is 2.66. The Bertz CT molecular complexity index is 478. The van der Waals surface area contributed by atoms with E-state index in [0.717, 1.165) is 0 Å². The highest BCUT2D eigenvalue weighted by Gasteiger charge is 2.18. The van der Waals surface area contributed by atoms with Gasteiger partial charge in [0.05, 0.1) is 18.3 Å². The lowest BCUT2D eigenvalue weighted by molar-refractivity contribution is -0.136. The molecule has 0 spiro atoms. The average molecular weight is 333 g/mol. The zero-order valence-electron chi connectivity index (χ0n) is 10.2. The van der Waals surface area contributed by atoms with Gasteiger partial charge in [0.1, 0.15) is 5.82 Å². The Hall–Kier alpha value is -1.47. The van der Waals surface area contributed by atoms with Gasteiger partial charge in [-0.25, -0.2) is 4.39 Å². The molecule has 5 nitrogen and oxygen atoms in total. The summed E-state index contributed by atoms with van der Waals surface area (Å²) in [5.41, 5.74) is 0.290. The smallest absolute Gasteiger partial charge is 0.313 e. The summed E-state index contributed by atoms with van der Waals surface area (Å²) in [5.74, 6) is -2.18. The molecule has 2 amide bonds. The van der Waals surface area contributed by atoms with Crippen LogP contribution in [0.15, 0.2) is 22.7 Å². The monoisotopic (exact) mass is 332 g/mol. The highest BCUT2D eigenvalue weighted by atomic mass is 79.9. The van der Waals surface area contributed by atoms with Crippen molar-refractivity contribution < 1.29 is 19.1 Å². The molecule has 0 aliphatic carbocycles. The summed E-state index contributed by atoms with van der Waals surface area (Å²) in [6.45, 7) is 1.53. The Morgan fingerprint density at radius 3 is 2.63 bits per heavy atom. The van der Waals surface area contributed by atoms with Gasteiger partial charge in [-0.15, -0.1) is 0 Å². The van der Waals surface area contributed by atoms with Crippen LogP contribution in [-0.4, -0.2) is 29.6 Å². The van der Waals surface area contributed by atoms with Crippen LogP contribution < -0.4 is 10.6 Å². The standard InChI is InChI=1S/C12H14BrFN2O3/c1-2-8(6-17)15-11(18)12(19)16-10-4-3-7(14)5-9(10)13/h3-5,8,17H,2,6H2,1H3,(H,15,18)(H,16,19). The largest absolute Gasteiger partial charge is 0.394 e. The van der Waals surface area contributed by atoms with Crippen LogP contribution in [0.25, 0.3) is 0 Å². The van der Waals surface area contributed by atoms with Crippen molar-refractivity contribution in [2.24, 2.45) is 0 Å². The number of halogens is 2. The van der Waals surface area contributed by atoms with Gasteiger partial charge in [0.25, 0.3) is 0 Å². The van der Waals surface area contributed by atoms with Crippen LogP contribution in [0.5, 0.6) is 0 Å². The van der Waals surface area contributed by atoms with Gasteiger partial charge in [0.2, 0.25) is 0 Å². The van der Waals surface area contributed by atoms with Crippen molar-refractivity contribution in [3.63, 3.8) is 0 Å². The van der Waals surface area contributed by atoms with E-state index in [1.807, 2.05) is 0 Å². The average Bonchev–Trinajstić information content (AvgIpc) is 2.38. The Morgan fingerprint density at radius 1 is 1.42 bits per heavy atom. The van der Waals surface area contributed by atoms with Gasteiger partial charge in [-0.05, 0) is 40.5 Å². The van der Waals surface area contributed by atoms with Crippen LogP contribution >= 0.6 is 15.9 Å². The molecule has 0 aliphatic rings. The summed E-state index contributed by atoms with van der Waals surface area (Å²) in [4.78, 5) is 23.1. The number of carbonyl (C=O) groups is 2. The van der Waals surface area contributed by atoms with Crippen molar-refractivity contribution >= 4 is 33.4 Å². The van der Waals surface area contributed by atoms with Gasteiger partial charge in [-0.3, -0.25) is 9.59 Å². The molecule has 1 aromatic rings. The van der Waals surface area contributed by atoms with E-state index >= 15 is 0 Å². The molecule has 0 bridgehead atoms. The van der Waals surface area contributed by atoms with Crippen molar-refractivity contribution in [1.29, 1.82) is 0 Å². The quantitative estimate of drug-likeness (QED) is 0.729. The maximum absolute atomic E-state index is 12.9. The molecule has 1 aromatic carbocycles. The normalized spacial score (nSPS) is 11.8. The van der Waals surface area contributed by atoms with Crippen LogP contribution in [0.2, 0.25) is 0 Å². The number of aliphatic hydroxyl groups is 1. The predicted octanol–water partition coefficient (Wildman–Crippen LogP) is 1.41. The fraction of sp³-hybridized carbons (Fsp3) is 0.333. The molecular weight excluding hydrogens is 319 g/mol. The van der Waals surface area contributed by atoms with Crippen LogP contribution in [0.4, 0.5) is 10.1 Å². The van der Waals surface area contributed by atoms with Crippen LogP contribution in [0.1, 0.15) is 13.3 Å². The molecule has 104 valence electrons. The Morgan fingerprint density at radius 2 is 2.11 bits per heavy atom. The zero-order valence-corrected chi connectivity index (χ0v) is 11.8. The minimum atomic E-state index is -0.876. The molecule has 1 atom stereocenters. The first-order valence-electron chi connectivity index (χ1n) is 5.65. The number of carbonyl (C=O) groups excluding carboxylic acids is 2. The molecule has 0 heterocycles. The van der Waals surface area contributed by atoms with Crippen molar-refractivity contribution in [1.82, 2.24) is 5.32 Å². The number of anilines is 1. The lowest BCUT2D eigenvalue weighted by Crippen LogP contribution is -2.43. The number of nitrogens with one attached hydrogen (secondary N) is 2. The first-order valence-corrected chi connectivity index (χ1v) is 6.45. The van der Waals surface area contributed by atoms with E-state index in [9.17, 15) is 14.0 Å². The summed E-state index contributed by atoms with van der Waals surface area (Å²) in [6.07, 6.45) is 0.510. The fourth-order valence-electron chi connectivity index (χ4n) is 1.30. The molecule has 0 aliphatic heterocycles. The topological polar surface area (TPSA) is 78.4 Å². The molecule has 0 aromatic heterocycles. The third-order valence-electron chi connectivity index (χ3n) is 2.43. The Labute approximate surface area is 118 Å². The van der Waals surface area contributed by atoms with Crippen molar-refractivity contribution in [3.05, 3.63) is 28.5 Å². The highest BCUT2D eigenvalue weighted by Crippen LogP contribution is 2.22. The van der Waals surface area contributed by atoms with Gasteiger partial charge >= 0.3 is 11.8 Å². The minimum Gasteiger partial charge on any atom is -0.394 e. The van der Waals surface area contributed by atoms with E-state index in [0.29, 0.717) is 16.6 Å². The van der Waals surface area contributed by atoms with Crippen molar-refractivity contribution in [2.75, 3.05) is 11.9 Å². The molecule has 0 saturated carbocycles. The third kappa shape index (κ3) is 4.60. The van der Waals surface area contributed by atoms with Gasteiger partial charge in [0, 0.05) is 4.47 Å². The molecule has 1 unspecified atom stereocenters. The SMILES string of the molecule is CCC(CO)NC(=O)C(=O)Nc1ccc(F)cc1Br. The fourth-order valence-corrected chi connectivity index (χ4v) is 1.75. The third-order valence-corrected chi connectivity index (χ3v) is 3.09. The Kier molecular flexibility index (Phi) is 5.91. The van der Waals surface area contributed by atoms with Gasteiger partial charge in [0.15, 0.2) is 0 Å². The maximum Gasteiger partial charge on any atom is 0.313 e. The van der Waals surface area contributed by atoms with Crippen LogP contribution in [0, 0.1) is 5.82 Å². The van der Waals surface area contributed by atoms with Crippen molar-refractivity contribution in [3.8, 4) is 0 Å². The van der Waals surface area contributed by atoms with Crippen LogP contribution in [0.3, 0.4) is 0 Å². The number of aliphatic hydroxyl groups excluding tert-OH is 1. The minimum absolute atomic E-state index is 0.240. The summed E-state index contributed by atoms with van der Waals surface area (Å²) >= 11 is 3.08. The molecule has 0 radical (unpaired) electrons. The summed E-state index contributed by atoms with van der Waals surface area (Å²) in [7, 11) is 0. The lowest BCUT2D eigenvalue weighted by atomic mass is 10.2. The van der Waals surface area contributed by atoms with E-state index in [1.165, 1.54) is 18.2 Å².